The van der Waals surface area contributed by atoms with E-state index in [1.54, 1.807) is 0 Å². The second-order valence-corrected chi connectivity index (χ2v) is 21.1. The minimum atomic E-state index is -1.95. The van der Waals surface area contributed by atoms with Gasteiger partial charge in [-0.05, 0) is 54.7 Å². The molecule has 0 radical (unpaired) electrons. The molecule has 30 heavy (non-hydrogen) atoms. The van der Waals surface area contributed by atoms with E-state index in [4.69, 9.17) is 8.85 Å². The maximum Gasteiger partial charge on any atom is 0.192 e. The molecule has 0 aliphatic rings. The molecule has 0 aliphatic heterocycles. The van der Waals surface area contributed by atoms with Crippen LogP contribution in [0.4, 0.5) is 0 Å². The first-order valence-corrected chi connectivity index (χ1v) is 17.3. The van der Waals surface area contributed by atoms with Gasteiger partial charge in [-0.15, -0.1) is 0 Å². The predicted molar refractivity (Wildman–Crippen MR) is 134 cm³/mol. The van der Waals surface area contributed by atoms with E-state index >= 15 is 0 Å². The smallest absolute Gasteiger partial charge is 0.192 e. The molecule has 0 saturated heterocycles. The van der Waals surface area contributed by atoms with E-state index in [1.807, 2.05) is 0 Å². The molecule has 0 aromatic heterocycles. The van der Waals surface area contributed by atoms with Crippen molar-refractivity contribution >= 4 is 22.9 Å². The Balaban J connectivity index is 3.19. The van der Waals surface area contributed by atoms with Crippen LogP contribution in [0.25, 0.3) is 0 Å². The van der Waals surface area contributed by atoms with Gasteiger partial charge in [-0.2, -0.15) is 0 Å². The highest BCUT2D eigenvalue weighted by atomic mass is 28.4. The van der Waals surface area contributed by atoms with Gasteiger partial charge in [0.15, 0.2) is 16.6 Å². The van der Waals surface area contributed by atoms with Gasteiger partial charge in [0.25, 0.3) is 0 Å². The standard InChI is InChI=1S/C25H46O3Si2/c1-24(2,3)29(7,8)27-22(18-14-15-19-26)20-23(21-16-12-11-13-17-21)28-30(9,10)25(4,5)6/h11-13,16-17,19,22-23H,14-15,18,20H2,1-10H3/t22-,23+/m1/s1. The number of benzene rings is 1. The first kappa shape index (κ1) is 27.3. The van der Waals surface area contributed by atoms with Gasteiger partial charge in [0.2, 0.25) is 0 Å². The van der Waals surface area contributed by atoms with Crippen LogP contribution in [0, 0.1) is 0 Å². The van der Waals surface area contributed by atoms with Gasteiger partial charge in [0, 0.05) is 18.9 Å². The predicted octanol–water partition coefficient (Wildman–Crippen LogP) is 7.90. The normalized spacial score (nSPS) is 15.7. The van der Waals surface area contributed by atoms with Crippen molar-refractivity contribution < 1.29 is 13.6 Å². The van der Waals surface area contributed by atoms with Crippen LogP contribution in [0.2, 0.25) is 36.3 Å². The summed E-state index contributed by atoms with van der Waals surface area (Å²) in [5.74, 6) is 0. The Morgan fingerprint density at radius 2 is 1.37 bits per heavy atom. The van der Waals surface area contributed by atoms with Gasteiger partial charge in [0.05, 0.1) is 6.10 Å². The molecule has 0 saturated carbocycles. The van der Waals surface area contributed by atoms with Gasteiger partial charge < -0.3 is 13.6 Å². The average Bonchev–Trinajstić information content (AvgIpc) is 2.59. The fourth-order valence-electron chi connectivity index (χ4n) is 2.94. The number of rotatable bonds is 11. The van der Waals surface area contributed by atoms with Crippen LogP contribution in [0.15, 0.2) is 30.3 Å². The van der Waals surface area contributed by atoms with Crippen molar-refractivity contribution in [3.05, 3.63) is 35.9 Å². The number of unbranched alkanes of at least 4 members (excludes halogenated alkanes) is 1. The Morgan fingerprint density at radius 1 is 0.867 bits per heavy atom. The van der Waals surface area contributed by atoms with Crippen LogP contribution < -0.4 is 0 Å². The summed E-state index contributed by atoms with van der Waals surface area (Å²) in [6.07, 6.45) is 4.32. The van der Waals surface area contributed by atoms with E-state index in [0.717, 1.165) is 25.5 Å². The molecule has 0 bridgehead atoms. The summed E-state index contributed by atoms with van der Waals surface area (Å²) in [5, 5.41) is 0.297. The summed E-state index contributed by atoms with van der Waals surface area (Å²) < 4.78 is 13.8. The number of carbonyl (C=O) groups excluding carboxylic acids is 1. The molecular formula is C25H46O3Si2. The van der Waals surface area contributed by atoms with Crippen LogP contribution in [0.1, 0.15) is 78.9 Å². The molecule has 3 nitrogen and oxygen atoms in total. The summed E-state index contributed by atoms with van der Waals surface area (Å²) in [4.78, 5) is 10.9. The van der Waals surface area contributed by atoms with Gasteiger partial charge in [-0.25, -0.2) is 0 Å². The lowest BCUT2D eigenvalue weighted by molar-refractivity contribution is -0.108. The molecule has 172 valence electrons. The maximum atomic E-state index is 10.9. The van der Waals surface area contributed by atoms with E-state index < -0.39 is 16.6 Å². The first-order chi connectivity index (χ1) is 13.6. The average molecular weight is 451 g/mol. The van der Waals surface area contributed by atoms with Crippen LogP contribution >= 0.6 is 0 Å². The summed E-state index contributed by atoms with van der Waals surface area (Å²) in [6, 6.07) is 10.6. The Kier molecular flexibility index (Phi) is 9.74. The van der Waals surface area contributed by atoms with Gasteiger partial charge >= 0.3 is 0 Å². The molecule has 1 aromatic carbocycles. The number of carbonyl (C=O) groups is 1. The zero-order valence-corrected chi connectivity index (χ0v) is 23.2. The highest BCUT2D eigenvalue weighted by Crippen LogP contribution is 2.43. The third-order valence-corrected chi connectivity index (χ3v) is 16.0. The number of hydrogen-bond acceptors (Lipinski definition) is 3. The topological polar surface area (TPSA) is 35.5 Å². The molecule has 0 aliphatic carbocycles. The molecule has 0 amide bonds. The van der Waals surface area contributed by atoms with Gasteiger partial charge in [-0.1, -0.05) is 71.9 Å². The minimum absolute atomic E-state index is 0.0121. The van der Waals surface area contributed by atoms with Crippen LogP contribution in [-0.4, -0.2) is 29.0 Å². The van der Waals surface area contributed by atoms with Crippen LogP contribution in [0.3, 0.4) is 0 Å². The van der Waals surface area contributed by atoms with E-state index in [-0.39, 0.29) is 22.3 Å². The molecule has 0 unspecified atom stereocenters. The van der Waals surface area contributed by atoms with Crippen molar-refractivity contribution in [2.75, 3.05) is 0 Å². The summed E-state index contributed by atoms with van der Waals surface area (Å²) in [7, 11) is -3.88. The Labute approximate surface area is 188 Å². The lowest BCUT2D eigenvalue weighted by Crippen LogP contribution is -2.45. The monoisotopic (exact) mass is 450 g/mol. The highest BCUT2D eigenvalue weighted by Gasteiger charge is 2.42. The van der Waals surface area contributed by atoms with E-state index in [2.05, 4.69) is 98.1 Å². The molecule has 0 spiro atoms. The van der Waals surface area contributed by atoms with Crippen molar-refractivity contribution in [1.82, 2.24) is 0 Å². The number of aldehydes is 1. The zero-order chi connectivity index (χ0) is 23.2. The third kappa shape index (κ3) is 8.06. The summed E-state index contributed by atoms with van der Waals surface area (Å²) in [5.41, 5.74) is 1.22. The first-order valence-electron chi connectivity index (χ1n) is 11.4. The largest absolute Gasteiger partial charge is 0.414 e. The van der Waals surface area contributed by atoms with Gasteiger partial charge in [0.1, 0.15) is 6.29 Å². The van der Waals surface area contributed by atoms with Crippen molar-refractivity contribution in [3.8, 4) is 0 Å². The van der Waals surface area contributed by atoms with Crippen molar-refractivity contribution in [2.24, 2.45) is 0 Å². The quantitative estimate of drug-likeness (QED) is 0.195. The molecule has 1 rings (SSSR count). The maximum absolute atomic E-state index is 10.9. The van der Waals surface area contributed by atoms with Crippen LogP contribution in [-0.2, 0) is 13.6 Å². The van der Waals surface area contributed by atoms with E-state index in [1.165, 1.54) is 5.56 Å². The van der Waals surface area contributed by atoms with E-state index in [9.17, 15) is 4.79 Å². The van der Waals surface area contributed by atoms with Crippen LogP contribution in [0.5, 0.6) is 0 Å². The fraction of sp³-hybridized carbons (Fsp3) is 0.720. The van der Waals surface area contributed by atoms with Crippen molar-refractivity contribution in [2.45, 2.75) is 116 Å². The second-order valence-electron chi connectivity index (χ2n) is 11.6. The SMILES string of the molecule is CC(C)(C)[Si](C)(C)O[C@H](CCCC=O)C[C@H](O[Si](C)(C)C(C)(C)C)c1ccccc1. The summed E-state index contributed by atoms with van der Waals surface area (Å²) >= 11 is 0. The Hall–Kier alpha value is -0.756. The van der Waals surface area contributed by atoms with Gasteiger partial charge in [-0.3, -0.25) is 0 Å². The third-order valence-electron chi connectivity index (χ3n) is 7.01. The molecule has 0 N–H and O–H groups in total. The summed E-state index contributed by atoms with van der Waals surface area (Å²) in [6.45, 7) is 23.0. The molecular weight excluding hydrogens is 404 g/mol. The second kappa shape index (κ2) is 10.7. The lowest BCUT2D eigenvalue weighted by atomic mass is 10.0. The molecule has 2 atom stereocenters. The fourth-order valence-corrected chi connectivity index (χ4v) is 5.64. The molecule has 5 heteroatoms. The number of hydrogen-bond donors (Lipinski definition) is 0. The lowest BCUT2D eigenvalue weighted by Gasteiger charge is -2.42. The molecule has 0 fully saturated rings. The Bertz CT molecular complexity index is 643. The molecule has 0 heterocycles. The Morgan fingerprint density at radius 3 is 1.83 bits per heavy atom. The zero-order valence-electron chi connectivity index (χ0n) is 21.2. The van der Waals surface area contributed by atoms with E-state index in [0.29, 0.717) is 6.42 Å². The minimum Gasteiger partial charge on any atom is -0.414 e. The van der Waals surface area contributed by atoms with Crippen molar-refractivity contribution in [1.29, 1.82) is 0 Å². The van der Waals surface area contributed by atoms with Crippen molar-refractivity contribution in [3.63, 3.8) is 0 Å². The molecule has 1 aromatic rings. The highest BCUT2D eigenvalue weighted by molar-refractivity contribution is 6.74.